The van der Waals surface area contributed by atoms with Crippen molar-refractivity contribution in [2.75, 3.05) is 19.5 Å². The molecule has 11 nitrogen and oxygen atoms in total. The third kappa shape index (κ3) is 4.10. The van der Waals surface area contributed by atoms with Gasteiger partial charge in [-0.05, 0) is 34.1 Å². The molecule has 0 aliphatic rings. The SMILES string of the molecule is CO[C@H](COc1ccc2cc(Br)c(N)nc2c1)[C@@H](O)[C@@H](O)n1cnc(=N)c2[nH]cnc21. The first-order chi connectivity index (χ1) is 14.9. The van der Waals surface area contributed by atoms with Crippen molar-refractivity contribution < 1.29 is 19.7 Å². The van der Waals surface area contributed by atoms with Gasteiger partial charge in [0.15, 0.2) is 17.4 Å². The largest absolute Gasteiger partial charge is 0.491 e. The number of hydrogen-bond acceptors (Lipinski definition) is 9. The van der Waals surface area contributed by atoms with E-state index in [2.05, 4.69) is 35.9 Å². The number of imidazole rings is 1. The Morgan fingerprint density at radius 3 is 2.87 bits per heavy atom. The molecule has 6 N–H and O–H groups in total. The van der Waals surface area contributed by atoms with Crippen LogP contribution in [0.15, 0.2) is 41.4 Å². The summed E-state index contributed by atoms with van der Waals surface area (Å²) in [6, 6.07) is 7.20. The zero-order valence-corrected chi connectivity index (χ0v) is 17.9. The van der Waals surface area contributed by atoms with Crippen molar-refractivity contribution in [3.8, 4) is 5.75 Å². The van der Waals surface area contributed by atoms with Gasteiger partial charge in [0.25, 0.3) is 0 Å². The first-order valence-corrected chi connectivity index (χ1v) is 10.0. The zero-order chi connectivity index (χ0) is 22.1. The summed E-state index contributed by atoms with van der Waals surface area (Å²) in [7, 11) is 1.41. The lowest BCUT2D eigenvalue weighted by atomic mass is 10.1. The number of ether oxygens (including phenoxy) is 2. The van der Waals surface area contributed by atoms with Crippen LogP contribution in [-0.4, -0.2) is 60.6 Å². The van der Waals surface area contributed by atoms with Gasteiger partial charge in [0, 0.05) is 18.6 Å². The van der Waals surface area contributed by atoms with E-state index in [0.29, 0.717) is 27.1 Å². The van der Waals surface area contributed by atoms with E-state index in [1.165, 1.54) is 24.3 Å². The van der Waals surface area contributed by atoms with E-state index in [-0.39, 0.29) is 17.7 Å². The molecule has 0 unspecified atom stereocenters. The van der Waals surface area contributed by atoms with Crippen LogP contribution < -0.4 is 16.0 Å². The molecule has 4 rings (SSSR count). The Kier molecular flexibility index (Phi) is 5.87. The summed E-state index contributed by atoms with van der Waals surface area (Å²) in [4.78, 5) is 15.1. The van der Waals surface area contributed by atoms with E-state index >= 15 is 0 Å². The van der Waals surface area contributed by atoms with E-state index in [9.17, 15) is 10.2 Å². The minimum atomic E-state index is -1.43. The van der Waals surface area contributed by atoms with Crippen molar-refractivity contribution in [1.29, 1.82) is 5.41 Å². The quantitative estimate of drug-likeness (QED) is 0.256. The molecule has 3 aromatic heterocycles. The summed E-state index contributed by atoms with van der Waals surface area (Å²) < 4.78 is 13.1. The Labute approximate surface area is 184 Å². The average Bonchev–Trinajstić information content (AvgIpc) is 3.25. The molecule has 0 amide bonds. The lowest BCUT2D eigenvalue weighted by Gasteiger charge is -2.27. The summed E-state index contributed by atoms with van der Waals surface area (Å²) in [6.45, 7) is -0.0412. The van der Waals surface area contributed by atoms with Gasteiger partial charge < -0.3 is 30.4 Å². The molecule has 12 heteroatoms. The van der Waals surface area contributed by atoms with Crippen LogP contribution >= 0.6 is 15.9 Å². The van der Waals surface area contributed by atoms with Gasteiger partial charge in [0.05, 0.1) is 16.3 Å². The third-order valence-corrected chi connectivity index (χ3v) is 5.51. The molecule has 4 aromatic rings. The number of aromatic nitrogens is 5. The number of pyridine rings is 1. The van der Waals surface area contributed by atoms with Crippen LogP contribution in [0.3, 0.4) is 0 Å². The van der Waals surface area contributed by atoms with Crippen LogP contribution in [0.1, 0.15) is 6.23 Å². The van der Waals surface area contributed by atoms with E-state index in [0.717, 1.165) is 5.39 Å². The van der Waals surface area contributed by atoms with E-state index in [1.807, 2.05) is 12.1 Å². The van der Waals surface area contributed by atoms with Gasteiger partial charge in [-0.3, -0.25) is 9.98 Å². The second kappa shape index (κ2) is 8.59. The summed E-state index contributed by atoms with van der Waals surface area (Å²) in [5, 5.41) is 30.1. The van der Waals surface area contributed by atoms with Crippen LogP contribution in [0, 0.1) is 5.41 Å². The highest BCUT2D eigenvalue weighted by Gasteiger charge is 2.29. The second-order valence-corrected chi connectivity index (χ2v) is 7.66. The van der Waals surface area contributed by atoms with Crippen molar-refractivity contribution in [3.63, 3.8) is 0 Å². The lowest BCUT2D eigenvalue weighted by molar-refractivity contribution is -0.113. The number of nitrogens with one attached hydrogen (secondary N) is 2. The molecule has 31 heavy (non-hydrogen) atoms. The molecule has 0 fully saturated rings. The fraction of sp³-hybridized carbons (Fsp3) is 0.263. The van der Waals surface area contributed by atoms with Crippen LogP contribution in [0.25, 0.3) is 22.1 Å². The monoisotopic (exact) mass is 489 g/mol. The van der Waals surface area contributed by atoms with E-state index in [4.69, 9.17) is 20.6 Å². The number of aromatic amines is 1. The van der Waals surface area contributed by atoms with Gasteiger partial charge in [-0.2, -0.15) is 0 Å². The van der Waals surface area contributed by atoms with Crippen molar-refractivity contribution >= 4 is 43.8 Å². The van der Waals surface area contributed by atoms with Gasteiger partial charge in [-0.1, -0.05) is 0 Å². The Morgan fingerprint density at radius 1 is 1.29 bits per heavy atom. The number of nitrogens with zero attached hydrogens (tertiary/aromatic N) is 4. The Hall–Kier alpha value is -3.06. The highest BCUT2D eigenvalue weighted by atomic mass is 79.9. The molecule has 0 radical (unpaired) electrons. The zero-order valence-electron chi connectivity index (χ0n) is 16.4. The molecule has 0 saturated heterocycles. The maximum Gasteiger partial charge on any atom is 0.173 e. The molecule has 1 aromatic carbocycles. The fourth-order valence-electron chi connectivity index (χ4n) is 3.16. The lowest BCUT2D eigenvalue weighted by Crippen LogP contribution is -2.40. The van der Waals surface area contributed by atoms with Crippen LogP contribution in [0.4, 0.5) is 5.82 Å². The summed E-state index contributed by atoms with van der Waals surface area (Å²) in [6.07, 6.45) is -1.03. The Morgan fingerprint density at radius 2 is 2.10 bits per heavy atom. The maximum absolute atomic E-state index is 10.7. The smallest absolute Gasteiger partial charge is 0.173 e. The summed E-state index contributed by atoms with van der Waals surface area (Å²) in [5.74, 6) is 0.875. The standard InChI is InChI=1S/C19H20BrN7O4/c1-30-13(6-31-10-3-2-9-4-11(20)16(21)26-12(9)5-10)15(28)19(29)27-8-25-17(22)14-18(27)24-7-23-14/h2-5,7-8,13,15,19,22,28-29H,6H2,1H3,(H2,21,26)(H,23,24)/t13-,15-,19-/m1/s1. The fourth-order valence-corrected chi connectivity index (χ4v) is 3.49. The highest BCUT2D eigenvalue weighted by molar-refractivity contribution is 9.10. The predicted molar refractivity (Wildman–Crippen MR) is 115 cm³/mol. The number of nitrogens with two attached hydrogens (primary N) is 1. The van der Waals surface area contributed by atoms with Crippen molar-refractivity contribution in [1.82, 2.24) is 24.5 Å². The molecule has 3 atom stereocenters. The van der Waals surface area contributed by atoms with Crippen molar-refractivity contribution in [2.24, 2.45) is 0 Å². The minimum Gasteiger partial charge on any atom is -0.491 e. The van der Waals surface area contributed by atoms with E-state index < -0.39 is 18.4 Å². The number of benzene rings is 1. The highest BCUT2D eigenvalue weighted by Crippen LogP contribution is 2.26. The number of rotatable bonds is 7. The first-order valence-electron chi connectivity index (χ1n) is 9.21. The minimum absolute atomic E-state index is 0.0188. The van der Waals surface area contributed by atoms with Crippen LogP contribution in [0.5, 0.6) is 5.75 Å². The first kappa shape index (κ1) is 21.2. The Balaban J connectivity index is 1.51. The van der Waals surface area contributed by atoms with Gasteiger partial charge in [-0.15, -0.1) is 0 Å². The molecule has 0 aliphatic heterocycles. The number of aliphatic hydroxyl groups is 2. The maximum atomic E-state index is 10.7. The topological polar surface area (TPSA) is 168 Å². The molecule has 0 saturated carbocycles. The number of anilines is 1. The number of nitrogen functional groups attached to an aromatic ring is 1. The Bertz CT molecular complexity index is 1290. The molecule has 3 heterocycles. The molecular formula is C19H20BrN7O4. The average molecular weight is 490 g/mol. The second-order valence-electron chi connectivity index (χ2n) is 6.80. The van der Waals surface area contributed by atoms with Crippen molar-refractivity contribution in [3.05, 3.63) is 46.9 Å². The molecule has 162 valence electrons. The number of aliphatic hydroxyl groups excluding tert-OH is 2. The van der Waals surface area contributed by atoms with Crippen molar-refractivity contribution in [2.45, 2.75) is 18.4 Å². The van der Waals surface area contributed by atoms with E-state index in [1.54, 1.807) is 12.1 Å². The number of methoxy groups -OCH3 is 1. The van der Waals surface area contributed by atoms with Crippen LogP contribution in [-0.2, 0) is 4.74 Å². The molecule has 0 spiro atoms. The predicted octanol–water partition coefficient (Wildman–Crippen LogP) is 1.08. The van der Waals surface area contributed by atoms with Gasteiger partial charge in [0.2, 0.25) is 0 Å². The van der Waals surface area contributed by atoms with Gasteiger partial charge >= 0.3 is 0 Å². The number of hydrogen-bond donors (Lipinski definition) is 5. The van der Waals surface area contributed by atoms with Gasteiger partial charge in [0.1, 0.15) is 42.2 Å². The summed E-state index contributed by atoms with van der Waals surface area (Å²) in [5.41, 5.74) is 7.11. The molecular weight excluding hydrogens is 470 g/mol. The number of halogens is 1. The number of H-pyrrole nitrogens is 1. The molecule has 0 bridgehead atoms. The van der Waals surface area contributed by atoms with Crippen LogP contribution in [0.2, 0.25) is 0 Å². The number of fused-ring (bicyclic) bond motifs is 2. The normalized spacial score (nSPS) is 14.6. The third-order valence-electron chi connectivity index (χ3n) is 4.87. The summed E-state index contributed by atoms with van der Waals surface area (Å²) >= 11 is 3.35. The van der Waals surface area contributed by atoms with Gasteiger partial charge in [-0.25, -0.2) is 15.0 Å². The molecule has 0 aliphatic carbocycles.